The lowest BCUT2D eigenvalue weighted by Gasteiger charge is -2.44. The van der Waals surface area contributed by atoms with Crippen LogP contribution >= 0.6 is 12.2 Å². The molecule has 5 heteroatoms. The minimum Gasteiger partial charge on any atom is -0.392 e. The summed E-state index contributed by atoms with van der Waals surface area (Å²) in [5, 5.41) is 0. The number of carbonyl (C=O) groups is 1. The molecular formula is C15H27N3OS. The highest BCUT2D eigenvalue weighted by molar-refractivity contribution is 7.80. The van der Waals surface area contributed by atoms with E-state index in [2.05, 4.69) is 18.9 Å². The first-order valence-corrected chi connectivity index (χ1v) is 8.21. The van der Waals surface area contributed by atoms with Crippen molar-refractivity contribution in [3.05, 3.63) is 0 Å². The Bertz CT molecular complexity index is 379. The number of nitrogens with zero attached hydrogens (tertiary/aromatic N) is 2. The molecular weight excluding hydrogens is 270 g/mol. The third-order valence-corrected chi connectivity index (χ3v) is 5.51. The molecule has 1 amide bonds. The van der Waals surface area contributed by atoms with Gasteiger partial charge < -0.3 is 10.6 Å². The number of amides is 1. The van der Waals surface area contributed by atoms with Gasteiger partial charge in [0, 0.05) is 25.7 Å². The van der Waals surface area contributed by atoms with Crippen LogP contribution in [0.5, 0.6) is 0 Å². The molecule has 0 aromatic carbocycles. The summed E-state index contributed by atoms with van der Waals surface area (Å²) in [7, 11) is 2.14. The van der Waals surface area contributed by atoms with Gasteiger partial charge in [-0.1, -0.05) is 38.4 Å². The van der Waals surface area contributed by atoms with Gasteiger partial charge in [0.1, 0.15) is 0 Å². The van der Waals surface area contributed by atoms with Crippen molar-refractivity contribution in [3.8, 4) is 0 Å². The normalized spacial score (nSPS) is 27.3. The molecule has 0 radical (unpaired) electrons. The van der Waals surface area contributed by atoms with Crippen LogP contribution in [0.1, 0.15) is 45.4 Å². The summed E-state index contributed by atoms with van der Waals surface area (Å²) in [5.41, 5.74) is 5.42. The van der Waals surface area contributed by atoms with E-state index < -0.39 is 5.41 Å². The number of hydrogen-bond donors (Lipinski definition) is 1. The Morgan fingerprint density at radius 3 is 2.50 bits per heavy atom. The third kappa shape index (κ3) is 2.84. The fraction of sp³-hybridized carbons (Fsp3) is 0.867. The molecule has 2 rings (SSSR count). The maximum absolute atomic E-state index is 13.0. The van der Waals surface area contributed by atoms with E-state index in [0.29, 0.717) is 11.0 Å². The van der Waals surface area contributed by atoms with Gasteiger partial charge in [-0.05, 0) is 26.3 Å². The van der Waals surface area contributed by atoms with E-state index >= 15 is 0 Å². The van der Waals surface area contributed by atoms with E-state index in [1.165, 1.54) is 6.42 Å². The summed E-state index contributed by atoms with van der Waals surface area (Å²) in [6.45, 7) is 4.74. The minimum atomic E-state index is -0.554. The molecule has 1 aliphatic carbocycles. The predicted octanol–water partition coefficient (Wildman–Crippen LogP) is 1.78. The smallest absolute Gasteiger partial charge is 0.235 e. The van der Waals surface area contributed by atoms with Crippen molar-refractivity contribution in [2.45, 2.75) is 51.5 Å². The van der Waals surface area contributed by atoms with Gasteiger partial charge in [-0.25, -0.2) is 0 Å². The van der Waals surface area contributed by atoms with Crippen LogP contribution in [-0.2, 0) is 4.79 Å². The van der Waals surface area contributed by atoms with Gasteiger partial charge >= 0.3 is 0 Å². The van der Waals surface area contributed by atoms with Gasteiger partial charge in [-0.2, -0.15) is 0 Å². The average molecular weight is 297 g/mol. The molecule has 2 fully saturated rings. The Hall–Kier alpha value is -0.680. The predicted molar refractivity (Wildman–Crippen MR) is 85.6 cm³/mol. The first kappa shape index (κ1) is 15.7. The van der Waals surface area contributed by atoms with Gasteiger partial charge in [0.15, 0.2) is 0 Å². The second-order valence-electron chi connectivity index (χ2n) is 6.30. The third-order valence-electron chi connectivity index (χ3n) is 5.12. The van der Waals surface area contributed by atoms with Crippen LogP contribution in [-0.4, -0.2) is 53.4 Å². The molecule has 1 unspecified atom stereocenters. The SMILES string of the molecule is CCC1CN(C(=O)C2(C(N)=S)CCCCC2)CCN1C. The highest BCUT2D eigenvalue weighted by Gasteiger charge is 2.45. The number of hydrogen-bond acceptors (Lipinski definition) is 3. The molecule has 0 aromatic rings. The van der Waals surface area contributed by atoms with Gasteiger partial charge in [0.2, 0.25) is 5.91 Å². The summed E-state index contributed by atoms with van der Waals surface area (Å²) in [6, 6.07) is 0.458. The number of likely N-dealkylation sites (N-methyl/N-ethyl adjacent to an activating group) is 1. The Kier molecular flexibility index (Phi) is 5.02. The Labute approximate surface area is 127 Å². The Balaban J connectivity index is 2.14. The molecule has 20 heavy (non-hydrogen) atoms. The van der Waals surface area contributed by atoms with Crippen molar-refractivity contribution >= 4 is 23.1 Å². The van der Waals surface area contributed by atoms with Crippen molar-refractivity contribution in [1.29, 1.82) is 0 Å². The lowest BCUT2D eigenvalue weighted by atomic mass is 9.72. The number of rotatable bonds is 3. The van der Waals surface area contributed by atoms with Crippen molar-refractivity contribution in [1.82, 2.24) is 9.80 Å². The minimum absolute atomic E-state index is 0.191. The van der Waals surface area contributed by atoms with Crippen molar-refractivity contribution in [2.24, 2.45) is 11.1 Å². The van der Waals surface area contributed by atoms with Crippen LogP contribution in [0.3, 0.4) is 0 Å². The average Bonchev–Trinajstić information content (AvgIpc) is 2.47. The van der Waals surface area contributed by atoms with E-state index in [-0.39, 0.29) is 5.91 Å². The quantitative estimate of drug-likeness (QED) is 0.807. The number of nitrogens with two attached hydrogens (primary N) is 1. The molecule has 1 saturated carbocycles. The molecule has 0 bridgehead atoms. The van der Waals surface area contributed by atoms with Crippen LogP contribution in [0, 0.1) is 5.41 Å². The van der Waals surface area contributed by atoms with Crippen molar-refractivity contribution in [3.63, 3.8) is 0 Å². The summed E-state index contributed by atoms with van der Waals surface area (Å²) in [5.74, 6) is 0.191. The maximum atomic E-state index is 13.0. The second-order valence-corrected chi connectivity index (χ2v) is 6.74. The largest absolute Gasteiger partial charge is 0.392 e. The molecule has 1 aliphatic heterocycles. The van der Waals surface area contributed by atoms with Gasteiger partial charge in [-0.3, -0.25) is 9.69 Å². The second kappa shape index (κ2) is 6.39. The lowest BCUT2D eigenvalue weighted by Crippen LogP contribution is -2.59. The fourth-order valence-corrected chi connectivity index (χ4v) is 3.89. The van der Waals surface area contributed by atoms with E-state index in [0.717, 1.165) is 51.7 Å². The zero-order valence-electron chi connectivity index (χ0n) is 12.7. The zero-order chi connectivity index (χ0) is 14.8. The van der Waals surface area contributed by atoms with Gasteiger partial charge in [0.05, 0.1) is 10.4 Å². The summed E-state index contributed by atoms with van der Waals surface area (Å²) in [4.78, 5) is 17.8. The lowest BCUT2D eigenvalue weighted by molar-refractivity contribution is -0.142. The Morgan fingerprint density at radius 1 is 1.30 bits per heavy atom. The van der Waals surface area contributed by atoms with E-state index in [1.807, 2.05) is 4.90 Å². The Morgan fingerprint density at radius 2 is 1.95 bits per heavy atom. The van der Waals surface area contributed by atoms with Crippen LogP contribution in [0.4, 0.5) is 0 Å². The van der Waals surface area contributed by atoms with E-state index in [9.17, 15) is 4.79 Å². The number of thiocarbonyl (C=S) groups is 1. The van der Waals surface area contributed by atoms with Crippen LogP contribution in [0.15, 0.2) is 0 Å². The van der Waals surface area contributed by atoms with Crippen LogP contribution in [0.2, 0.25) is 0 Å². The molecule has 114 valence electrons. The summed E-state index contributed by atoms with van der Waals surface area (Å²) < 4.78 is 0. The van der Waals surface area contributed by atoms with E-state index in [4.69, 9.17) is 18.0 Å². The molecule has 1 saturated heterocycles. The number of carbonyl (C=O) groups excluding carboxylic acids is 1. The molecule has 4 nitrogen and oxygen atoms in total. The monoisotopic (exact) mass is 297 g/mol. The van der Waals surface area contributed by atoms with Crippen LogP contribution < -0.4 is 5.73 Å². The molecule has 1 atom stereocenters. The van der Waals surface area contributed by atoms with Crippen LogP contribution in [0.25, 0.3) is 0 Å². The molecule has 0 spiro atoms. The van der Waals surface area contributed by atoms with Gasteiger partial charge in [0.25, 0.3) is 0 Å². The van der Waals surface area contributed by atoms with E-state index in [1.54, 1.807) is 0 Å². The first-order chi connectivity index (χ1) is 9.51. The van der Waals surface area contributed by atoms with Gasteiger partial charge in [-0.15, -0.1) is 0 Å². The maximum Gasteiger partial charge on any atom is 0.235 e. The fourth-order valence-electron chi connectivity index (χ4n) is 3.59. The summed E-state index contributed by atoms with van der Waals surface area (Å²) in [6.07, 6.45) is 6.06. The van der Waals surface area contributed by atoms with Crippen molar-refractivity contribution in [2.75, 3.05) is 26.7 Å². The topological polar surface area (TPSA) is 49.6 Å². The summed E-state index contributed by atoms with van der Waals surface area (Å²) >= 11 is 5.27. The molecule has 1 heterocycles. The first-order valence-electron chi connectivity index (χ1n) is 7.81. The number of piperazine rings is 1. The highest BCUT2D eigenvalue weighted by atomic mass is 32.1. The molecule has 0 aromatic heterocycles. The standard InChI is InChI=1S/C15H27N3OS/c1-3-12-11-18(10-9-17(12)2)14(19)15(13(16)20)7-5-4-6-8-15/h12H,3-11H2,1-2H3,(H2,16,20). The highest BCUT2D eigenvalue weighted by Crippen LogP contribution is 2.38. The van der Waals surface area contributed by atoms with Crippen molar-refractivity contribution < 1.29 is 4.79 Å². The zero-order valence-corrected chi connectivity index (χ0v) is 13.5. The molecule has 2 N–H and O–H groups in total. The molecule has 2 aliphatic rings.